The summed E-state index contributed by atoms with van der Waals surface area (Å²) in [6.45, 7) is 3.20. The number of aromatic nitrogens is 3. The van der Waals surface area contributed by atoms with Crippen molar-refractivity contribution in [2.24, 2.45) is 0 Å². The maximum Gasteiger partial charge on any atom is 0.357 e. The highest BCUT2D eigenvalue weighted by molar-refractivity contribution is 5.93. The molecule has 0 aliphatic heterocycles. The molecule has 0 aliphatic carbocycles. The first kappa shape index (κ1) is 18.2. The number of carbonyl (C=O) groups is 2. The predicted molar refractivity (Wildman–Crippen MR) is 95.2 cm³/mol. The lowest BCUT2D eigenvalue weighted by Gasteiger charge is -2.11. The summed E-state index contributed by atoms with van der Waals surface area (Å²) in [5.41, 5.74) is 0.593. The third kappa shape index (κ3) is 3.84. The number of nitrogens with zero attached hydrogens (tertiary/aromatic N) is 3. The number of hydrogen-bond donors (Lipinski definition) is 0. The number of esters is 1. The molecular formula is C19H17N3O5. The van der Waals surface area contributed by atoms with E-state index in [0.29, 0.717) is 22.6 Å². The van der Waals surface area contributed by atoms with E-state index < -0.39 is 11.8 Å². The fourth-order valence-corrected chi connectivity index (χ4v) is 2.59. The summed E-state index contributed by atoms with van der Waals surface area (Å²) in [5.74, 6) is -0.651. The average molecular weight is 367 g/mol. The first-order valence-corrected chi connectivity index (χ1v) is 8.29. The molecule has 0 atom stereocenters. The van der Waals surface area contributed by atoms with E-state index in [0.717, 1.165) is 0 Å². The van der Waals surface area contributed by atoms with Gasteiger partial charge in [0.25, 0.3) is 5.69 Å². The molecule has 0 radical (unpaired) electrons. The topological polar surface area (TPSA) is 105 Å². The second-order valence-electron chi connectivity index (χ2n) is 5.63. The summed E-state index contributed by atoms with van der Waals surface area (Å²) in [6, 6.07) is 9.64. The lowest BCUT2D eigenvalue weighted by molar-refractivity contribution is -0.580. The highest BCUT2D eigenvalue weighted by atomic mass is 16.5. The molecule has 3 aromatic rings. The minimum absolute atomic E-state index is 0.0819. The Balaban J connectivity index is 1.96. The van der Waals surface area contributed by atoms with E-state index in [-0.39, 0.29) is 29.2 Å². The summed E-state index contributed by atoms with van der Waals surface area (Å²) in [4.78, 5) is 32.3. The first-order chi connectivity index (χ1) is 13.0. The molecule has 0 saturated heterocycles. The van der Waals surface area contributed by atoms with Crippen LogP contribution in [0.15, 0.2) is 42.6 Å². The van der Waals surface area contributed by atoms with Crippen LogP contribution in [-0.2, 0) is 11.3 Å². The van der Waals surface area contributed by atoms with Gasteiger partial charge in [-0.1, -0.05) is 6.07 Å². The van der Waals surface area contributed by atoms with E-state index in [9.17, 15) is 14.8 Å². The normalized spacial score (nSPS) is 10.6. The van der Waals surface area contributed by atoms with Crippen molar-refractivity contribution in [3.8, 4) is 5.75 Å². The minimum Gasteiger partial charge on any atom is -0.618 e. The van der Waals surface area contributed by atoms with Crippen LogP contribution in [0, 0.1) is 5.21 Å². The zero-order chi connectivity index (χ0) is 19.4. The highest BCUT2D eigenvalue weighted by Crippen LogP contribution is 2.19. The van der Waals surface area contributed by atoms with Gasteiger partial charge in [0.1, 0.15) is 23.6 Å². The van der Waals surface area contributed by atoms with Crippen molar-refractivity contribution in [2.75, 3.05) is 6.61 Å². The number of benzene rings is 1. The number of ether oxygens (including phenoxy) is 2. The monoisotopic (exact) mass is 367 g/mol. The van der Waals surface area contributed by atoms with Crippen molar-refractivity contribution in [1.82, 2.24) is 9.97 Å². The van der Waals surface area contributed by atoms with Crippen LogP contribution in [0.2, 0.25) is 0 Å². The van der Waals surface area contributed by atoms with Crippen LogP contribution >= 0.6 is 0 Å². The summed E-state index contributed by atoms with van der Waals surface area (Å²) in [7, 11) is 0. The van der Waals surface area contributed by atoms with Crippen molar-refractivity contribution in [3.63, 3.8) is 0 Å². The molecule has 138 valence electrons. The first-order valence-electron chi connectivity index (χ1n) is 8.29. The molecule has 0 fully saturated rings. The molecule has 0 amide bonds. The minimum atomic E-state index is -0.670. The Morgan fingerprint density at radius 2 is 2.04 bits per heavy atom. The van der Waals surface area contributed by atoms with Gasteiger partial charge in [-0.15, -0.1) is 0 Å². The van der Waals surface area contributed by atoms with Crippen molar-refractivity contribution >= 4 is 22.8 Å². The third-order valence-corrected chi connectivity index (χ3v) is 3.76. The molecule has 0 bridgehead atoms. The second-order valence-corrected chi connectivity index (χ2v) is 5.63. The number of rotatable bonds is 6. The van der Waals surface area contributed by atoms with E-state index >= 15 is 0 Å². The summed E-state index contributed by atoms with van der Waals surface area (Å²) in [6.07, 6.45) is 1.47. The van der Waals surface area contributed by atoms with Gasteiger partial charge < -0.3 is 14.7 Å². The number of ketones is 1. The molecule has 2 heterocycles. The van der Waals surface area contributed by atoms with Gasteiger partial charge in [-0.2, -0.15) is 4.73 Å². The molecule has 0 saturated carbocycles. The van der Waals surface area contributed by atoms with Crippen LogP contribution in [0.1, 0.15) is 40.5 Å². The zero-order valence-electron chi connectivity index (χ0n) is 14.8. The third-order valence-electron chi connectivity index (χ3n) is 3.76. The Morgan fingerprint density at radius 1 is 1.22 bits per heavy atom. The average Bonchev–Trinajstić information content (AvgIpc) is 2.67. The molecule has 0 unspecified atom stereocenters. The molecule has 8 heteroatoms. The maximum absolute atomic E-state index is 12.7. The molecule has 27 heavy (non-hydrogen) atoms. The van der Waals surface area contributed by atoms with Crippen LogP contribution in [0.3, 0.4) is 0 Å². The molecule has 0 N–H and O–H groups in total. The van der Waals surface area contributed by atoms with Gasteiger partial charge in [0.2, 0.25) is 11.3 Å². The molecule has 8 nitrogen and oxygen atoms in total. The Labute approximate surface area is 155 Å². The number of hydrogen-bond acceptors (Lipinski definition) is 7. The van der Waals surface area contributed by atoms with E-state index in [4.69, 9.17) is 9.47 Å². The van der Waals surface area contributed by atoms with Crippen molar-refractivity contribution in [1.29, 1.82) is 0 Å². The largest absolute Gasteiger partial charge is 0.618 e. The van der Waals surface area contributed by atoms with Gasteiger partial charge in [0, 0.05) is 13.1 Å². The van der Waals surface area contributed by atoms with Gasteiger partial charge in [-0.05, 0) is 31.2 Å². The Hall–Kier alpha value is -3.55. The highest BCUT2D eigenvalue weighted by Gasteiger charge is 2.25. The Morgan fingerprint density at radius 3 is 2.70 bits per heavy atom. The molecule has 1 aromatic carbocycles. The van der Waals surface area contributed by atoms with E-state index in [1.807, 2.05) is 6.92 Å². The summed E-state index contributed by atoms with van der Waals surface area (Å²) in [5, 5.41) is 12.7. The van der Waals surface area contributed by atoms with Crippen molar-refractivity contribution in [2.45, 2.75) is 20.5 Å². The van der Waals surface area contributed by atoms with Gasteiger partial charge in [0.05, 0.1) is 12.7 Å². The van der Waals surface area contributed by atoms with E-state index in [1.54, 1.807) is 24.3 Å². The molecule has 0 spiro atoms. The van der Waals surface area contributed by atoms with E-state index in [1.165, 1.54) is 25.3 Å². The fourth-order valence-electron chi connectivity index (χ4n) is 2.59. The quantitative estimate of drug-likeness (QED) is 0.285. The molecule has 2 aromatic heterocycles. The molecule has 3 rings (SSSR count). The van der Waals surface area contributed by atoms with Crippen LogP contribution in [0.5, 0.6) is 5.75 Å². The van der Waals surface area contributed by atoms with Gasteiger partial charge >= 0.3 is 5.97 Å². The molecule has 0 aliphatic rings. The smallest absolute Gasteiger partial charge is 0.357 e. The lowest BCUT2D eigenvalue weighted by Crippen LogP contribution is -2.37. The Kier molecular flexibility index (Phi) is 5.25. The van der Waals surface area contributed by atoms with Crippen molar-refractivity contribution < 1.29 is 23.8 Å². The van der Waals surface area contributed by atoms with Gasteiger partial charge in [-0.25, -0.2) is 14.8 Å². The fraction of sp³-hybridized carbons (Fsp3) is 0.211. The standard InChI is InChI=1S/C19H17N3O5/c1-3-26-13-7-8-14-17(10-13)22(25)18(12(2)23)16(21-14)11-27-19(24)15-6-4-5-9-20-15/h4-10H,3,11H2,1-2H3. The maximum atomic E-state index is 12.7. The second kappa shape index (κ2) is 7.77. The summed E-state index contributed by atoms with van der Waals surface area (Å²) >= 11 is 0. The van der Waals surface area contributed by atoms with Gasteiger partial charge in [-0.3, -0.25) is 4.79 Å². The predicted octanol–water partition coefficient (Wildman–Crippen LogP) is 2.22. The van der Waals surface area contributed by atoms with Crippen LogP contribution in [0.4, 0.5) is 0 Å². The molecular weight excluding hydrogens is 350 g/mol. The SMILES string of the molecule is CCOc1ccc2nc(COC(=O)c3ccccn3)c(C(C)=O)[n+]([O-])c2c1. The number of pyridine rings is 1. The van der Waals surface area contributed by atoms with Gasteiger partial charge in [0.15, 0.2) is 5.69 Å². The number of fused-ring (bicyclic) bond motifs is 1. The summed E-state index contributed by atoms with van der Waals surface area (Å²) < 4.78 is 11.1. The zero-order valence-corrected chi connectivity index (χ0v) is 14.8. The lowest BCUT2D eigenvalue weighted by atomic mass is 10.2. The van der Waals surface area contributed by atoms with Crippen LogP contribution in [-0.4, -0.2) is 28.3 Å². The van der Waals surface area contributed by atoms with Crippen molar-refractivity contribution in [3.05, 3.63) is 64.9 Å². The van der Waals surface area contributed by atoms with Crippen LogP contribution in [0.25, 0.3) is 11.0 Å². The number of carbonyl (C=O) groups excluding carboxylic acids is 2. The van der Waals surface area contributed by atoms with Crippen LogP contribution < -0.4 is 9.47 Å². The van der Waals surface area contributed by atoms with E-state index in [2.05, 4.69) is 9.97 Å². The Bertz CT molecular complexity index is 1010. The number of Topliss-reactive ketones (excluding diaryl/α,β-unsaturated/α-hetero) is 1.